The van der Waals surface area contributed by atoms with Crippen molar-refractivity contribution in [3.63, 3.8) is 0 Å². The number of rotatable bonds is 3. The van der Waals surface area contributed by atoms with E-state index in [4.69, 9.17) is 4.74 Å². The monoisotopic (exact) mass is 261 g/mol. The number of hydrogen-bond acceptors (Lipinski definition) is 4. The third-order valence-corrected chi connectivity index (χ3v) is 3.17. The molecule has 2 atom stereocenters. The van der Waals surface area contributed by atoms with Crippen molar-refractivity contribution in [3.05, 3.63) is 36.2 Å². The summed E-state index contributed by atoms with van der Waals surface area (Å²) in [6, 6.07) is 1.80. The lowest BCUT2D eigenvalue weighted by Gasteiger charge is -2.17. The van der Waals surface area contributed by atoms with E-state index in [1.807, 2.05) is 13.1 Å². The third-order valence-electron chi connectivity index (χ3n) is 3.17. The van der Waals surface area contributed by atoms with Gasteiger partial charge in [-0.1, -0.05) is 0 Å². The minimum absolute atomic E-state index is 0.0602. The lowest BCUT2D eigenvalue weighted by atomic mass is 10.1. The minimum Gasteiger partial charge on any atom is -0.370 e. The van der Waals surface area contributed by atoms with E-state index in [0.717, 1.165) is 12.1 Å². The second-order valence-corrected chi connectivity index (χ2v) is 4.60. The van der Waals surface area contributed by atoms with Gasteiger partial charge in [-0.05, 0) is 12.5 Å². The summed E-state index contributed by atoms with van der Waals surface area (Å²) in [5, 5.41) is 9.75. The molecule has 0 radical (unpaired) electrons. The molecule has 7 nitrogen and oxygen atoms in total. The first-order valence-electron chi connectivity index (χ1n) is 6.14. The van der Waals surface area contributed by atoms with E-state index in [1.54, 1.807) is 23.3 Å². The molecule has 1 aliphatic heterocycles. The number of ether oxygens (including phenoxy) is 1. The summed E-state index contributed by atoms with van der Waals surface area (Å²) < 4.78 is 7.38. The predicted molar refractivity (Wildman–Crippen MR) is 66.4 cm³/mol. The first-order chi connectivity index (χ1) is 9.24. The number of H-pyrrole nitrogens is 1. The van der Waals surface area contributed by atoms with Gasteiger partial charge in [-0.2, -0.15) is 5.10 Å². The molecule has 100 valence electrons. The number of carbonyl (C=O) groups excluding carboxylic acids is 1. The van der Waals surface area contributed by atoms with E-state index in [2.05, 4.69) is 20.5 Å². The van der Waals surface area contributed by atoms with Crippen LogP contribution in [0.25, 0.3) is 0 Å². The lowest BCUT2D eigenvalue weighted by Crippen LogP contribution is -2.37. The number of hydrogen-bond donors (Lipinski definition) is 2. The van der Waals surface area contributed by atoms with Crippen LogP contribution in [0.5, 0.6) is 0 Å². The first kappa shape index (κ1) is 11.9. The Morgan fingerprint density at radius 1 is 1.63 bits per heavy atom. The molecule has 0 aliphatic carbocycles. The maximum absolute atomic E-state index is 12.1. The van der Waals surface area contributed by atoms with Crippen molar-refractivity contribution in [2.75, 3.05) is 6.61 Å². The van der Waals surface area contributed by atoms with Gasteiger partial charge >= 0.3 is 0 Å². The van der Waals surface area contributed by atoms with Crippen molar-refractivity contribution in [1.82, 2.24) is 25.1 Å². The van der Waals surface area contributed by atoms with Crippen LogP contribution in [0.4, 0.5) is 0 Å². The molecule has 3 rings (SSSR count). The van der Waals surface area contributed by atoms with Crippen LogP contribution >= 0.6 is 0 Å². The standard InChI is InChI=1S/C12H15N5O2/c1-17-6-10(13-7-17)12(18)15-8-3-5-19-11(8)9-2-4-14-16-9/h2,4,6-8,11H,3,5H2,1H3,(H,14,16)(H,15,18)/t8-,11-/m1/s1. The zero-order valence-electron chi connectivity index (χ0n) is 10.5. The van der Waals surface area contributed by atoms with Gasteiger partial charge in [0.2, 0.25) is 0 Å². The van der Waals surface area contributed by atoms with E-state index in [1.165, 1.54) is 0 Å². The molecule has 2 N–H and O–H groups in total. The summed E-state index contributed by atoms with van der Waals surface area (Å²) in [4.78, 5) is 16.1. The Balaban J connectivity index is 1.70. The van der Waals surface area contributed by atoms with Gasteiger partial charge in [0.1, 0.15) is 11.8 Å². The van der Waals surface area contributed by atoms with Crippen LogP contribution in [-0.2, 0) is 11.8 Å². The SMILES string of the molecule is Cn1cnc(C(=O)N[C@@H]2CCO[C@H]2c2ccn[nH]2)c1. The quantitative estimate of drug-likeness (QED) is 0.837. The molecule has 2 aromatic heterocycles. The smallest absolute Gasteiger partial charge is 0.271 e. The Kier molecular flexibility index (Phi) is 3.04. The largest absolute Gasteiger partial charge is 0.370 e. The molecule has 3 heterocycles. The van der Waals surface area contributed by atoms with Gasteiger partial charge < -0.3 is 14.6 Å². The molecule has 0 unspecified atom stereocenters. The van der Waals surface area contributed by atoms with Gasteiger partial charge in [-0.25, -0.2) is 4.98 Å². The summed E-state index contributed by atoms with van der Waals surface area (Å²) in [7, 11) is 1.83. The molecule has 0 spiro atoms. The molecule has 1 saturated heterocycles. The molecule has 1 fully saturated rings. The van der Waals surface area contributed by atoms with Crippen molar-refractivity contribution in [3.8, 4) is 0 Å². The van der Waals surface area contributed by atoms with Crippen LogP contribution in [0.15, 0.2) is 24.8 Å². The number of imidazole rings is 1. The van der Waals surface area contributed by atoms with Gasteiger partial charge in [-0.15, -0.1) is 0 Å². The Labute approximate surface area is 110 Å². The molecular formula is C12H15N5O2. The van der Waals surface area contributed by atoms with Gasteiger partial charge in [0.25, 0.3) is 5.91 Å². The summed E-state index contributed by atoms with van der Waals surface area (Å²) >= 11 is 0. The lowest BCUT2D eigenvalue weighted by molar-refractivity contribution is 0.0804. The van der Waals surface area contributed by atoms with Crippen LogP contribution in [0.2, 0.25) is 0 Å². The summed E-state index contributed by atoms with van der Waals surface area (Å²) in [6.45, 7) is 0.622. The Hall–Kier alpha value is -2.15. The third kappa shape index (κ3) is 2.37. The van der Waals surface area contributed by atoms with Gasteiger partial charge in [0, 0.05) is 26.0 Å². The average Bonchev–Trinajstić information content (AvgIpc) is 3.07. The normalized spacial score (nSPS) is 22.6. The summed E-state index contributed by atoms with van der Waals surface area (Å²) in [5.41, 5.74) is 1.29. The number of nitrogens with zero attached hydrogens (tertiary/aromatic N) is 3. The number of carbonyl (C=O) groups is 1. The number of aryl methyl sites for hydroxylation is 1. The molecule has 7 heteroatoms. The van der Waals surface area contributed by atoms with Gasteiger partial charge in [0.15, 0.2) is 0 Å². The second-order valence-electron chi connectivity index (χ2n) is 4.60. The fourth-order valence-electron chi connectivity index (χ4n) is 2.24. The zero-order chi connectivity index (χ0) is 13.2. The predicted octanol–water partition coefficient (Wildman–Crippen LogP) is 0.403. The van der Waals surface area contributed by atoms with E-state index >= 15 is 0 Å². The summed E-state index contributed by atoms with van der Waals surface area (Å²) in [5.74, 6) is -0.180. The van der Waals surface area contributed by atoms with Crippen molar-refractivity contribution in [2.24, 2.45) is 7.05 Å². The molecule has 0 saturated carbocycles. The fraction of sp³-hybridized carbons (Fsp3) is 0.417. The molecule has 1 aliphatic rings. The highest BCUT2D eigenvalue weighted by Crippen LogP contribution is 2.27. The van der Waals surface area contributed by atoms with E-state index < -0.39 is 0 Å². The Morgan fingerprint density at radius 3 is 3.21 bits per heavy atom. The van der Waals surface area contributed by atoms with Crippen LogP contribution in [0, 0.1) is 0 Å². The zero-order valence-corrected chi connectivity index (χ0v) is 10.5. The average molecular weight is 261 g/mol. The van der Waals surface area contributed by atoms with Crippen LogP contribution in [0.1, 0.15) is 28.7 Å². The van der Waals surface area contributed by atoms with Crippen LogP contribution in [-0.4, -0.2) is 38.3 Å². The molecule has 0 bridgehead atoms. The second kappa shape index (κ2) is 4.85. The Bertz CT molecular complexity index is 562. The van der Waals surface area contributed by atoms with Crippen LogP contribution in [0.3, 0.4) is 0 Å². The molecule has 2 aromatic rings. The topological polar surface area (TPSA) is 84.8 Å². The van der Waals surface area contributed by atoms with Crippen molar-refractivity contribution < 1.29 is 9.53 Å². The van der Waals surface area contributed by atoms with Crippen molar-refractivity contribution in [1.29, 1.82) is 0 Å². The molecule has 19 heavy (non-hydrogen) atoms. The Morgan fingerprint density at radius 2 is 2.53 bits per heavy atom. The van der Waals surface area contributed by atoms with E-state index in [-0.39, 0.29) is 18.1 Å². The maximum Gasteiger partial charge on any atom is 0.271 e. The first-order valence-corrected chi connectivity index (χ1v) is 6.14. The van der Waals surface area contributed by atoms with Crippen molar-refractivity contribution in [2.45, 2.75) is 18.6 Å². The highest BCUT2D eigenvalue weighted by Gasteiger charge is 2.32. The number of amides is 1. The highest BCUT2D eigenvalue weighted by atomic mass is 16.5. The molecule has 1 amide bonds. The fourth-order valence-corrected chi connectivity index (χ4v) is 2.24. The van der Waals surface area contributed by atoms with E-state index in [9.17, 15) is 4.79 Å². The molecular weight excluding hydrogens is 246 g/mol. The van der Waals surface area contributed by atoms with Crippen molar-refractivity contribution >= 4 is 5.91 Å². The minimum atomic E-state index is -0.180. The van der Waals surface area contributed by atoms with Gasteiger partial charge in [0.05, 0.1) is 18.1 Å². The number of aromatic amines is 1. The highest BCUT2D eigenvalue weighted by molar-refractivity contribution is 5.92. The maximum atomic E-state index is 12.1. The number of nitrogens with one attached hydrogen (secondary N) is 2. The van der Waals surface area contributed by atoms with Crippen LogP contribution < -0.4 is 5.32 Å². The molecule has 0 aromatic carbocycles. The van der Waals surface area contributed by atoms with E-state index in [0.29, 0.717) is 12.3 Å². The van der Waals surface area contributed by atoms with Gasteiger partial charge in [-0.3, -0.25) is 9.89 Å². The number of aromatic nitrogens is 4. The summed E-state index contributed by atoms with van der Waals surface area (Å²) in [6.07, 6.45) is 5.58.